The van der Waals surface area contributed by atoms with Crippen LogP contribution in [0.1, 0.15) is 36.9 Å². The number of ether oxygens (including phenoxy) is 1. The molecule has 0 fully saturated rings. The zero-order valence-electron chi connectivity index (χ0n) is 18.1. The molecule has 3 rings (SSSR count). The van der Waals surface area contributed by atoms with Crippen LogP contribution in [0.5, 0.6) is 5.75 Å². The second-order valence-electron chi connectivity index (χ2n) is 7.19. The zero-order valence-corrected chi connectivity index (χ0v) is 19.7. The Kier molecular flexibility index (Phi) is 7.91. The Labute approximate surface area is 198 Å². The van der Waals surface area contributed by atoms with Crippen LogP contribution < -0.4 is 10.1 Å². The number of anilines is 1. The van der Waals surface area contributed by atoms with Crippen molar-refractivity contribution >= 4 is 35.0 Å². The second kappa shape index (κ2) is 10.5. The van der Waals surface area contributed by atoms with Gasteiger partial charge in [0.05, 0.1) is 22.0 Å². The highest BCUT2D eigenvalue weighted by Gasteiger charge is 2.31. The summed E-state index contributed by atoms with van der Waals surface area (Å²) in [4.78, 5) is 12.4. The molecule has 0 saturated heterocycles. The maximum atomic E-state index is 12.9. The molecule has 0 aliphatic heterocycles. The van der Waals surface area contributed by atoms with E-state index < -0.39 is 17.6 Å². The number of rotatable bonds is 8. The van der Waals surface area contributed by atoms with Gasteiger partial charge < -0.3 is 14.6 Å². The topological polar surface area (TPSA) is 69.0 Å². The van der Waals surface area contributed by atoms with E-state index in [2.05, 4.69) is 15.5 Å². The maximum Gasteiger partial charge on any atom is 0.416 e. The summed E-state index contributed by atoms with van der Waals surface area (Å²) in [6.45, 7) is 6.29. The number of hydrogen-bond acceptors (Lipinski definition) is 5. The Morgan fingerprint density at radius 3 is 2.67 bits per heavy atom. The van der Waals surface area contributed by atoms with E-state index >= 15 is 0 Å². The number of benzene rings is 2. The van der Waals surface area contributed by atoms with Crippen molar-refractivity contribution in [1.29, 1.82) is 0 Å². The van der Waals surface area contributed by atoms with Crippen LogP contribution in [0.4, 0.5) is 18.9 Å². The van der Waals surface area contributed by atoms with Crippen molar-refractivity contribution in [3.05, 3.63) is 64.4 Å². The van der Waals surface area contributed by atoms with Gasteiger partial charge in [0.1, 0.15) is 5.75 Å². The number of nitrogens with zero attached hydrogens (tertiary/aromatic N) is 3. The molecule has 6 nitrogen and oxygen atoms in total. The van der Waals surface area contributed by atoms with Gasteiger partial charge >= 0.3 is 6.18 Å². The van der Waals surface area contributed by atoms with Gasteiger partial charge in [0.25, 0.3) is 0 Å². The first-order valence-corrected chi connectivity index (χ1v) is 11.4. The third kappa shape index (κ3) is 6.42. The fourth-order valence-corrected chi connectivity index (χ4v) is 4.04. The number of aryl methyl sites for hydroxylation is 1. The standard InChI is InChI=1S/C22H22ClF3N4O2S/c1-4-30-20(14(3)32-16-7-5-6-13(2)10-16)28-29-21(30)33-12-19(31)27-18-11-15(22(24,25)26)8-9-17(18)23/h5-11,14H,4,12H2,1-3H3,(H,27,31). The fraction of sp³-hybridized carbons (Fsp3) is 0.318. The molecule has 0 aliphatic carbocycles. The van der Waals surface area contributed by atoms with Crippen LogP contribution in [0.3, 0.4) is 0 Å². The Balaban J connectivity index is 1.66. The number of hydrogen-bond donors (Lipinski definition) is 1. The molecular weight excluding hydrogens is 477 g/mol. The van der Waals surface area contributed by atoms with Gasteiger partial charge in [-0.3, -0.25) is 4.79 Å². The zero-order chi connectivity index (χ0) is 24.2. The largest absolute Gasteiger partial charge is 0.483 e. The molecule has 1 N–H and O–H groups in total. The van der Waals surface area contributed by atoms with E-state index in [1.54, 1.807) is 0 Å². The minimum absolute atomic E-state index is 0.0162. The molecule has 0 spiro atoms. The molecule has 0 radical (unpaired) electrons. The summed E-state index contributed by atoms with van der Waals surface area (Å²) in [6.07, 6.45) is -4.92. The minimum atomic E-state index is -4.54. The number of carbonyl (C=O) groups excluding carboxylic acids is 1. The summed E-state index contributed by atoms with van der Waals surface area (Å²) in [5.74, 6) is 0.706. The van der Waals surface area contributed by atoms with Crippen molar-refractivity contribution in [3.63, 3.8) is 0 Å². The van der Waals surface area contributed by atoms with Crippen LogP contribution in [0.25, 0.3) is 0 Å². The van der Waals surface area contributed by atoms with Gasteiger partial charge in [0.2, 0.25) is 5.91 Å². The first-order chi connectivity index (χ1) is 15.6. The summed E-state index contributed by atoms with van der Waals surface area (Å²) < 4.78 is 46.6. The molecule has 2 aromatic carbocycles. The molecule has 1 heterocycles. The average molecular weight is 499 g/mol. The molecule has 176 valence electrons. The summed E-state index contributed by atoms with van der Waals surface area (Å²) in [7, 11) is 0. The predicted octanol–water partition coefficient (Wildman–Crippen LogP) is 6.15. The third-order valence-corrected chi connectivity index (χ3v) is 5.92. The van der Waals surface area contributed by atoms with Crippen molar-refractivity contribution in [1.82, 2.24) is 14.8 Å². The van der Waals surface area contributed by atoms with Crippen LogP contribution in [0, 0.1) is 6.92 Å². The smallest absolute Gasteiger partial charge is 0.416 e. The number of halogens is 4. The molecule has 1 amide bonds. The lowest BCUT2D eigenvalue weighted by molar-refractivity contribution is -0.137. The van der Waals surface area contributed by atoms with Gasteiger partial charge in [-0.25, -0.2) is 0 Å². The van der Waals surface area contributed by atoms with Crippen LogP contribution in [0.2, 0.25) is 5.02 Å². The number of nitrogens with one attached hydrogen (secondary N) is 1. The molecule has 0 bridgehead atoms. The summed E-state index contributed by atoms with van der Waals surface area (Å²) in [6, 6.07) is 10.4. The Morgan fingerprint density at radius 1 is 1.24 bits per heavy atom. The molecule has 1 aromatic heterocycles. The van der Waals surface area contributed by atoms with E-state index in [0.29, 0.717) is 23.3 Å². The van der Waals surface area contributed by atoms with Crippen LogP contribution in [-0.4, -0.2) is 26.4 Å². The van der Waals surface area contributed by atoms with E-state index in [9.17, 15) is 18.0 Å². The maximum absolute atomic E-state index is 12.9. The lowest BCUT2D eigenvalue weighted by atomic mass is 10.2. The summed E-state index contributed by atoms with van der Waals surface area (Å²) in [5.41, 5.74) is 0.0718. The van der Waals surface area contributed by atoms with Crippen LogP contribution in [-0.2, 0) is 17.5 Å². The Morgan fingerprint density at radius 2 is 2.00 bits per heavy atom. The molecule has 11 heteroatoms. The lowest BCUT2D eigenvalue weighted by Crippen LogP contribution is -2.16. The van der Waals surface area contributed by atoms with Crippen LogP contribution in [0.15, 0.2) is 47.6 Å². The van der Waals surface area contributed by atoms with Crippen molar-refractivity contribution < 1.29 is 22.7 Å². The number of thioether (sulfide) groups is 1. The molecule has 1 unspecified atom stereocenters. The number of aromatic nitrogens is 3. The van der Waals surface area contributed by atoms with E-state index in [1.165, 1.54) is 0 Å². The van der Waals surface area contributed by atoms with Gasteiger partial charge in [-0.1, -0.05) is 35.5 Å². The first-order valence-electron chi connectivity index (χ1n) is 10.0. The molecule has 33 heavy (non-hydrogen) atoms. The SMILES string of the molecule is CCn1c(SCC(=O)Nc2cc(C(F)(F)F)ccc2Cl)nnc1C(C)Oc1cccc(C)c1. The molecule has 3 aromatic rings. The van der Waals surface area contributed by atoms with Gasteiger partial charge in [0, 0.05) is 6.54 Å². The van der Waals surface area contributed by atoms with Gasteiger partial charge in [-0.2, -0.15) is 13.2 Å². The highest BCUT2D eigenvalue weighted by molar-refractivity contribution is 7.99. The number of carbonyl (C=O) groups is 1. The van der Waals surface area contributed by atoms with E-state index in [1.807, 2.05) is 49.6 Å². The molecule has 0 saturated carbocycles. The monoisotopic (exact) mass is 498 g/mol. The highest BCUT2D eigenvalue weighted by atomic mass is 35.5. The highest BCUT2D eigenvalue weighted by Crippen LogP contribution is 2.34. The van der Waals surface area contributed by atoms with E-state index in [-0.39, 0.29) is 22.6 Å². The minimum Gasteiger partial charge on any atom is -0.483 e. The van der Waals surface area contributed by atoms with E-state index in [4.69, 9.17) is 16.3 Å². The summed E-state index contributed by atoms with van der Waals surface area (Å²) >= 11 is 7.06. The molecular formula is C22H22ClF3N4O2S. The van der Waals surface area contributed by atoms with Crippen molar-refractivity contribution in [2.24, 2.45) is 0 Å². The summed E-state index contributed by atoms with van der Waals surface area (Å²) in [5, 5.41) is 11.3. The molecule has 0 aliphatic rings. The van der Waals surface area contributed by atoms with Crippen molar-refractivity contribution in [3.8, 4) is 5.75 Å². The Hall–Kier alpha value is -2.72. The van der Waals surface area contributed by atoms with Gasteiger partial charge in [0.15, 0.2) is 17.1 Å². The van der Waals surface area contributed by atoms with E-state index in [0.717, 1.165) is 35.5 Å². The predicted molar refractivity (Wildman–Crippen MR) is 122 cm³/mol. The lowest BCUT2D eigenvalue weighted by Gasteiger charge is -2.16. The van der Waals surface area contributed by atoms with Crippen molar-refractivity contribution in [2.45, 2.75) is 44.8 Å². The Bertz CT molecular complexity index is 1140. The van der Waals surface area contributed by atoms with Gasteiger partial charge in [-0.15, -0.1) is 10.2 Å². The number of alkyl halides is 3. The van der Waals surface area contributed by atoms with Crippen molar-refractivity contribution in [2.75, 3.05) is 11.1 Å². The fourth-order valence-electron chi connectivity index (χ4n) is 3.06. The quantitative estimate of drug-likeness (QED) is 0.377. The van der Waals surface area contributed by atoms with Gasteiger partial charge in [-0.05, 0) is 56.7 Å². The first kappa shape index (κ1) is 24.9. The normalized spacial score (nSPS) is 12.5. The van der Waals surface area contributed by atoms with Crippen LogP contribution >= 0.6 is 23.4 Å². The third-order valence-electron chi connectivity index (χ3n) is 4.63. The average Bonchev–Trinajstić information content (AvgIpc) is 3.16. The number of amides is 1. The second-order valence-corrected chi connectivity index (χ2v) is 8.54. The molecule has 1 atom stereocenters.